The van der Waals surface area contributed by atoms with Crippen LogP contribution in [0.25, 0.3) is 17.0 Å². The molecule has 0 atom stereocenters. The molecule has 3 aromatic rings. The van der Waals surface area contributed by atoms with E-state index in [2.05, 4.69) is 63.5 Å². The minimum absolute atomic E-state index is 0.550. The molecule has 0 aliphatic carbocycles. The van der Waals surface area contributed by atoms with Crippen molar-refractivity contribution >= 4 is 40.1 Å². The molecule has 148 valence electrons. The van der Waals surface area contributed by atoms with Crippen LogP contribution < -0.4 is 5.32 Å². The zero-order chi connectivity index (χ0) is 20.1. The first kappa shape index (κ1) is 19.6. The van der Waals surface area contributed by atoms with Gasteiger partial charge in [0.25, 0.3) is 0 Å². The summed E-state index contributed by atoms with van der Waals surface area (Å²) < 4.78 is 0. The molecule has 0 amide bonds. The predicted molar refractivity (Wildman–Crippen MR) is 123 cm³/mol. The maximum Gasteiger partial charge on any atom is 0.103 e. The largest absolute Gasteiger partial charge is 0.361 e. The Hall–Kier alpha value is -2.75. The Kier molecular flexibility index (Phi) is 6.18. The summed E-state index contributed by atoms with van der Waals surface area (Å²) in [7, 11) is 0. The van der Waals surface area contributed by atoms with Crippen LogP contribution in [0, 0.1) is 18.3 Å². The standard InChI is InChI=1S/C23H25N5S/c1-17-20-7-8-26-22(20)6-5-21(17)27-23-18(15-25-16-19(23)14-24)4-2-3-9-28-10-12-29-13-11-28/h2,4-8,15-16,26H,3,9-13H2,1H3,(H,25,27)/b4-2+. The first-order valence-electron chi connectivity index (χ1n) is 9.95. The lowest BCUT2D eigenvalue weighted by molar-refractivity contribution is 0.309. The lowest BCUT2D eigenvalue weighted by Gasteiger charge is -2.25. The summed E-state index contributed by atoms with van der Waals surface area (Å²) in [5.74, 6) is 2.47. The number of nitrogens with one attached hydrogen (secondary N) is 2. The van der Waals surface area contributed by atoms with E-state index in [0.717, 1.165) is 41.0 Å². The molecule has 1 aliphatic heterocycles. The third-order valence-electron chi connectivity index (χ3n) is 5.37. The maximum atomic E-state index is 9.60. The number of fused-ring (bicyclic) bond motifs is 1. The number of nitrogens with zero attached hydrogens (tertiary/aromatic N) is 3. The Morgan fingerprint density at radius 1 is 1.28 bits per heavy atom. The van der Waals surface area contributed by atoms with Gasteiger partial charge >= 0.3 is 0 Å². The van der Waals surface area contributed by atoms with Gasteiger partial charge in [-0.25, -0.2) is 0 Å². The number of rotatable bonds is 6. The highest BCUT2D eigenvalue weighted by Crippen LogP contribution is 2.30. The van der Waals surface area contributed by atoms with Crippen molar-refractivity contribution in [3.63, 3.8) is 0 Å². The fourth-order valence-electron chi connectivity index (χ4n) is 3.67. The Bertz CT molecular complexity index is 1060. The van der Waals surface area contributed by atoms with Crippen LogP contribution in [-0.4, -0.2) is 46.0 Å². The van der Waals surface area contributed by atoms with Crippen molar-refractivity contribution in [3.8, 4) is 6.07 Å². The molecule has 0 bridgehead atoms. The van der Waals surface area contributed by atoms with Crippen LogP contribution in [0.4, 0.5) is 11.4 Å². The molecule has 0 saturated carbocycles. The van der Waals surface area contributed by atoms with Gasteiger partial charge in [0.1, 0.15) is 6.07 Å². The summed E-state index contributed by atoms with van der Waals surface area (Å²) in [4.78, 5) is 10.0. The third kappa shape index (κ3) is 4.47. The van der Waals surface area contributed by atoms with Crippen LogP contribution in [-0.2, 0) is 0 Å². The molecule has 1 saturated heterocycles. The summed E-state index contributed by atoms with van der Waals surface area (Å²) in [5.41, 5.74) is 5.56. The van der Waals surface area contributed by atoms with E-state index >= 15 is 0 Å². The average Bonchev–Trinajstić information content (AvgIpc) is 3.24. The highest BCUT2D eigenvalue weighted by atomic mass is 32.2. The minimum atomic E-state index is 0.550. The molecule has 0 unspecified atom stereocenters. The molecule has 29 heavy (non-hydrogen) atoms. The fraction of sp³-hybridized carbons (Fsp3) is 0.304. The number of aromatic amines is 1. The van der Waals surface area contributed by atoms with Gasteiger partial charge in [-0.2, -0.15) is 17.0 Å². The highest BCUT2D eigenvalue weighted by molar-refractivity contribution is 7.99. The topological polar surface area (TPSA) is 67.7 Å². The van der Waals surface area contributed by atoms with E-state index in [1.54, 1.807) is 6.20 Å². The van der Waals surface area contributed by atoms with E-state index in [0.29, 0.717) is 5.56 Å². The number of nitriles is 1. The van der Waals surface area contributed by atoms with E-state index in [1.165, 1.54) is 30.0 Å². The van der Waals surface area contributed by atoms with Crippen molar-refractivity contribution in [3.05, 3.63) is 59.6 Å². The number of H-pyrrole nitrogens is 1. The van der Waals surface area contributed by atoms with Crippen molar-refractivity contribution in [1.82, 2.24) is 14.9 Å². The molecule has 6 heteroatoms. The molecule has 4 rings (SSSR count). The fourth-order valence-corrected chi connectivity index (χ4v) is 4.65. The number of thioether (sulfide) groups is 1. The zero-order valence-electron chi connectivity index (χ0n) is 16.6. The summed E-state index contributed by atoms with van der Waals surface area (Å²) in [6, 6.07) is 8.46. The Balaban J connectivity index is 1.54. The smallest absolute Gasteiger partial charge is 0.103 e. The number of benzene rings is 1. The molecule has 0 spiro atoms. The lowest BCUT2D eigenvalue weighted by atomic mass is 10.1. The molecule has 2 aromatic heterocycles. The highest BCUT2D eigenvalue weighted by Gasteiger charge is 2.12. The number of aromatic nitrogens is 2. The molecule has 3 heterocycles. The van der Waals surface area contributed by atoms with Gasteiger partial charge in [0, 0.05) is 71.9 Å². The molecular weight excluding hydrogens is 378 g/mol. The first-order chi connectivity index (χ1) is 14.3. The lowest BCUT2D eigenvalue weighted by Crippen LogP contribution is -2.33. The van der Waals surface area contributed by atoms with Gasteiger partial charge in [0.15, 0.2) is 0 Å². The van der Waals surface area contributed by atoms with E-state index in [1.807, 2.05) is 24.2 Å². The van der Waals surface area contributed by atoms with Crippen molar-refractivity contribution in [2.45, 2.75) is 13.3 Å². The van der Waals surface area contributed by atoms with Crippen molar-refractivity contribution in [2.24, 2.45) is 0 Å². The van der Waals surface area contributed by atoms with Gasteiger partial charge in [-0.15, -0.1) is 0 Å². The second kappa shape index (κ2) is 9.17. The second-order valence-corrected chi connectivity index (χ2v) is 8.43. The first-order valence-corrected chi connectivity index (χ1v) is 11.1. The molecule has 2 N–H and O–H groups in total. The summed E-state index contributed by atoms with van der Waals surface area (Å²) in [6.07, 6.45) is 10.7. The van der Waals surface area contributed by atoms with Gasteiger partial charge in [-0.3, -0.25) is 4.98 Å². The van der Waals surface area contributed by atoms with Crippen molar-refractivity contribution < 1.29 is 0 Å². The number of pyridine rings is 1. The van der Waals surface area contributed by atoms with E-state index in [-0.39, 0.29) is 0 Å². The quantitative estimate of drug-likeness (QED) is 0.610. The number of hydrogen-bond acceptors (Lipinski definition) is 5. The number of hydrogen-bond donors (Lipinski definition) is 2. The minimum Gasteiger partial charge on any atom is -0.361 e. The van der Waals surface area contributed by atoms with Crippen LogP contribution >= 0.6 is 11.8 Å². The Morgan fingerprint density at radius 2 is 2.14 bits per heavy atom. The molecule has 1 aliphatic rings. The monoisotopic (exact) mass is 403 g/mol. The van der Waals surface area contributed by atoms with Crippen LogP contribution in [0.15, 0.2) is 42.9 Å². The van der Waals surface area contributed by atoms with Crippen LogP contribution in [0.5, 0.6) is 0 Å². The SMILES string of the molecule is Cc1c(Nc2c(C#N)cncc2/C=C/CCN2CCSCC2)ccc2[nH]ccc12. The van der Waals surface area contributed by atoms with Gasteiger partial charge in [-0.1, -0.05) is 12.2 Å². The normalized spacial score (nSPS) is 15.0. The van der Waals surface area contributed by atoms with E-state index in [9.17, 15) is 5.26 Å². The molecular formula is C23H25N5S. The number of aryl methyl sites for hydroxylation is 1. The van der Waals surface area contributed by atoms with Crippen molar-refractivity contribution in [1.29, 1.82) is 5.26 Å². The molecule has 5 nitrogen and oxygen atoms in total. The maximum absolute atomic E-state index is 9.60. The summed E-state index contributed by atoms with van der Waals surface area (Å²) in [6.45, 7) is 5.53. The molecule has 0 radical (unpaired) electrons. The zero-order valence-corrected chi connectivity index (χ0v) is 17.4. The molecule has 1 fully saturated rings. The van der Waals surface area contributed by atoms with Crippen molar-refractivity contribution in [2.75, 3.05) is 36.5 Å². The van der Waals surface area contributed by atoms with Gasteiger partial charge < -0.3 is 15.2 Å². The number of anilines is 2. The third-order valence-corrected chi connectivity index (χ3v) is 6.31. The van der Waals surface area contributed by atoms with Crippen LogP contribution in [0.2, 0.25) is 0 Å². The average molecular weight is 404 g/mol. The van der Waals surface area contributed by atoms with Crippen LogP contribution in [0.1, 0.15) is 23.1 Å². The molecule has 1 aromatic carbocycles. The van der Waals surface area contributed by atoms with Crippen LogP contribution in [0.3, 0.4) is 0 Å². The van der Waals surface area contributed by atoms with E-state index < -0.39 is 0 Å². The second-order valence-electron chi connectivity index (χ2n) is 7.21. The summed E-state index contributed by atoms with van der Waals surface area (Å²) >= 11 is 2.04. The predicted octanol–water partition coefficient (Wildman–Crippen LogP) is 4.94. The van der Waals surface area contributed by atoms with Gasteiger partial charge in [0.2, 0.25) is 0 Å². The van der Waals surface area contributed by atoms with E-state index in [4.69, 9.17) is 0 Å². The van der Waals surface area contributed by atoms with Gasteiger partial charge in [-0.05, 0) is 37.1 Å². The Labute approximate surface area is 175 Å². The summed E-state index contributed by atoms with van der Waals surface area (Å²) in [5, 5.41) is 14.3. The van der Waals surface area contributed by atoms with Gasteiger partial charge in [0.05, 0.1) is 11.3 Å². The Morgan fingerprint density at radius 3 is 2.97 bits per heavy atom.